The average molecular weight is 375 g/mol. The first kappa shape index (κ1) is 20.6. The first-order valence-corrected chi connectivity index (χ1v) is 8.37. The van der Waals surface area contributed by atoms with Gasteiger partial charge in [-0.15, -0.1) is 0 Å². The molecule has 2 aromatic carbocycles. The molecule has 0 amide bonds. The predicted octanol–water partition coefficient (Wildman–Crippen LogP) is 2.39. The monoisotopic (exact) mass is 375 g/mol. The van der Waals surface area contributed by atoms with Crippen molar-refractivity contribution in [1.82, 2.24) is 4.81 Å². The fraction of sp³-hybridized carbons (Fsp3) is 0.263. The Balaban J connectivity index is 2.36. The molecule has 0 spiro atoms. The molecule has 0 aliphatic rings. The van der Waals surface area contributed by atoms with Gasteiger partial charge in [-0.05, 0) is 36.4 Å². The van der Waals surface area contributed by atoms with Crippen molar-refractivity contribution in [3.63, 3.8) is 0 Å². The van der Waals surface area contributed by atoms with Crippen molar-refractivity contribution in [2.45, 2.75) is 13.3 Å². The molecule has 0 fully saturated rings. The van der Waals surface area contributed by atoms with E-state index < -0.39 is 30.6 Å². The molecule has 142 valence electrons. The van der Waals surface area contributed by atoms with Crippen molar-refractivity contribution in [2.75, 3.05) is 20.7 Å². The van der Waals surface area contributed by atoms with E-state index in [1.54, 1.807) is 19.1 Å². The maximum atomic E-state index is 14.8. The third kappa shape index (κ3) is 5.37. The van der Waals surface area contributed by atoms with Gasteiger partial charge in [-0.3, -0.25) is 14.4 Å². The Morgan fingerprint density at radius 2 is 1.78 bits per heavy atom. The van der Waals surface area contributed by atoms with Crippen molar-refractivity contribution in [1.29, 1.82) is 0 Å². The number of esters is 1. The molecule has 0 bridgehead atoms. The van der Waals surface area contributed by atoms with Crippen LogP contribution in [-0.4, -0.2) is 44.5 Å². The van der Waals surface area contributed by atoms with Gasteiger partial charge in [0.25, 0.3) is 5.97 Å². The number of halogens is 2. The number of carbonyl (C=O) groups excluding carboxylic acids is 2. The number of hydrogen-bond acceptors (Lipinski definition) is 5. The van der Waals surface area contributed by atoms with Gasteiger partial charge in [0.1, 0.15) is 11.6 Å². The molecule has 0 aromatic heterocycles. The zero-order valence-electron chi connectivity index (χ0n) is 15.4. The lowest BCUT2D eigenvalue weighted by atomic mass is 9.70. The number of carbonyl (C=O) groups is 2. The summed E-state index contributed by atoms with van der Waals surface area (Å²) in [6, 6.07) is 10.1. The van der Waals surface area contributed by atoms with Gasteiger partial charge in [0.05, 0.1) is 13.7 Å². The number of nitrogens with zero attached hydrogens (tertiary/aromatic N) is 1. The van der Waals surface area contributed by atoms with Crippen molar-refractivity contribution < 1.29 is 27.8 Å². The minimum atomic E-state index is -1.10. The predicted molar refractivity (Wildman–Crippen MR) is 98.2 cm³/mol. The second-order valence-electron chi connectivity index (χ2n) is 5.93. The molecule has 0 radical (unpaired) electrons. The SMILES string of the molecule is CCC(=O)OB(c1ccc(-c2cccc(F)c2)cc1F)N(C)CC(=O)OC. The Bertz CT molecular complexity index is 831. The lowest BCUT2D eigenvalue weighted by molar-refractivity contribution is -0.141. The number of benzene rings is 2. The summed E-state index contributed by atoms with van der Waals surface area (Å²) in [6.45, 7) is 1.42. The number of rotatable bonds is 7. The van der Waals surface area contributed by atoms with Crippen LogP contribution in [0.1, 0.15) is 13.3 Å². The van der Waals surface area contributed by atoms with Gasteiger partial charge in [-0.25, -0.2) is 8.78 Å². The van der Waals surface area contributed by atoms with Crippen LogP contribution in [0.3, 0.4) is 0 Å². The summed E-state index contributed by atoms with van der Waals surface area (Å²) < 4.78 is 38.1. The molecule has 0 saturated heterocycles. The second kappa shape index (κ2) is 9.27. The highest BCUT2D eigenvalue weighted by atomic mass is 19.1. The summed E-state index contributed by atoms with van der Waals surface area (Å²) in [5, 5.41) is 0. The molecule has 8 heteroatoms. The van der Waals surface area contributed by atoms with Crippen LogP contribution in [0.25, 0.3) is 11.1 Å². The summed E-state index contributed by atoms with van der Waals surface area (Å²) in [7, 11) is 1.65. The van der Waals surface area contributed by atoms with Crippen LogP contribution >= 0.6 is 0 Å². The number of methoxy groups -OCH3 is 1. The maximum Gasteiger partial charge on any atom is 0.490 e. The third-order valence-electron chi connectivity index (χ3n) is 3.96. The van der Waals surface area contributed by atoms with Gasteiger partial charge in [-0.2, -0.15) is 0 Å². The summed E-state index contributed by atoms with van der Waals surface area (Å²) in [5.74, 6) is -2.15. The largest absolute Gasteiger partial charge is 0.516 e. The lowest BCUT2D eigenvalue weighted by Crippen LogP contribution is -2.52. The Labute approximate surface area is 157 Å². The van der Waals surface area contributed by atoms with E-state index in [1.165, 1.54) is 49.3 Å². The number of ether oxygens (including phenoxy) is 1. The van der Waals surface area contributed by atoms with E-state index in [2.05, 4.69) is 4.74 Å². The van der Waals surface area contributed by atoms with Crippen LogP contribution in [0.15, 0.2) is 42.5 Å². The van der Waals surface area contributed by atoms with Crippen molar-refractivity contribution in [3.05, 3.63) is 54.1 Å². The van der Waals surface area contributed by atoms with E-state index >= 15 is 0 Å². The fourth-order valence-corrected chi connectivity index (χ4v) is 2.52. The van der Waals surface area contributed by atoms with Crippen LogP contribution in [0.5, 0.6) is 0 Å². The van der Waals surface area contributed by atoms with E-state index in [4.69, 9.17) is 4.65 Å². The topological polar surface area (TPSA) is 55.8 Å². The standard InChI is InChI=1S/C19H20BF2NO4/c1-4-18(24)27-20(23(2)12-19(25)26-3)16-9-8-14(11-17(16)22)13-6-5-7-15(21)10-13/h5-11H,4,12H2,1-3H3. The molecule has 0 aliphatic carbocycles. The van der Waals surface area contributed by atoms with Crippen LogP contribution < -0.4 is 5.46 Å². The lowest BCUT2D eigenvalue weighted by Gasteiger charge is -2.23. The Kier molecular flexibility index (Phi) is 7.07. The van der Waals surface area contributed by atoms with Gasteiger partial charge in [-0.1, -0.05) is 31.2 Å². The Hall–Kier alpha value is -2.74. The zero-order valence-corrected chi connectivity index (χ0v) is 15.4. The third-order valence-corrected chi connectivity index (χ3v) is 3.96. The first-order valence-electron chi connectivity index (χ1n) is 8.37. The molecule has 0 aliphatic heterocycles. The van der Waals surface area contributed by atoms with Gasteiger partial charge in [0, 0.05) is 11.9 Å². The maximum absolute atomic E-state index is 14.8. The van der Waals surface area contributed by atoms with Crippen LogP contribution in [0.4, 0.5) is 8.78 Å². The zero-order chi connectivity index (χ0) is 20.0. The molecule has 0 N–H and O–H groups in total. The average Bonchev–Trinajstić information content (AvgIpc) is 2.65. The second-order valence-corrected chi connectivity index (χ2v) is 5.93. The molecular formula is C19H20BF2NO4. The van der Waals surface area contributed by atoms with E-state index in [1.807, 2.05) is 0 Å². The van der Waals surface area contributed by atoms with Crippen molar-refractivity contribution >= 4 is 24.5 Å². The molecule has 2 aromatic rings. The van der Waals surface area contributed by atoms with E-state index in [9.17, 15) is 18.4 Å². The van der Waals surface area contributed by atoms with E-state index in [-0.39, 0.29) is 18.4 Å². The Morgan fingerprint density at radius 1 is 1.07 bits per heavy atom. The fourth-order valence-electron chi connectivity index (χ4n) is 2.52. The normalized spacial score (nSPS) is 10.6. The number of hydrogen-bond donors (Lipinski definition) is 0. The quantitative estimate of drug-likeness (QED) is 0.550. The summed E-state index contributed by atoms with van der Waals surface area (Å²) in [5.41, 5.74) is 1.08. The van der Waals surface area contributed by atoms with Crippen molar-refractivity contribution in [3.8, 4) is 11.1 Å². The van der Waals surface area contributed by atoms with E-state index in [0.717, 1.165) is 0 Å². The minimum Gasteiger partial charge on any atom is -0.516 e. The minimum absolute atomic E-state index is 0.0864. The summed E-state index contributed by atoms with van der Waals surface area (Å²) in [4.78, 5) is 24.7. The summed E-state index contributed by atoms with van der Waals surface area (Å²) >= 11 is 0. The van der Waals surface area contributed by atoms with E-state index in [0.29, 0.717) is 11.1 Å². The molecule has 27 heavy (non-hydrogen) atoms. The molecule has 0 saturated carbocycles. The summed E-state index contributed by atoms with van der Waals surface area (Å²) in [6.07, 6.45) is 0.103. The molecular weight excluding hydrogens is 355 g/mol. The van der Waals surface area contributed by atoms with Gasteiger partial charge >= 0.3 is 13.0 Å². The van der Waals surface area contributed by atoms with Crippen LogP contribution in [-0.2, 0) is 19.0 Å². The van der Waals surface area contributed by atoms with Gasteiger partial charge < -0.3 is 9.39 Å². The molecule has 0 unspecified atom stereocenters. The molecule has 2 rings (SSSR count). The Morgan fingerprint density at radius 3 is 2.37 bits per heavy atom. The highest BCUT2D eigenvalue weighted by Gasteiger charge is 2.33. The first-order chi connectivity index (χ1) is 12.8. The highest BCUT2D eigenvalue weighted by Crippen LogP contribution is 2.20. The number of likely N-dealkylation sites (N-methyl/N-ethyl adjacent to an activating group) is 1. The molecule has 5 nitrogen and oxygen atoms in total. The van der Waals surface area contributed by atoms with Crippen LogP contribution in [0, 0.1) is 11.6 Å². The van der Waals surface area contributed by atoms with Crippen LogP contribution in [0.2, 0.25) is 0 Å². The van der Waals surface area contributed by atoms with Gasteiger partial charge in [0.15, 0.2) is 0 Å². The highest BCUT2D eigenvalue weighted by molar-refractivity contribution is 6.66. The molecule has 0 atom stereocenters. The van der Waals surface area contributed by atoms with Crippen molar-refractivity contribution in [2.24, 2.45) is 0 Å². The smallest absolute Gasteiger partial charge is 0.490 e. The molecule has 0 heterocycles. The van der Waals surface area contributed by atoms with Gasteiger partial charge in [0.2, 0.25) is 0 Å².